The first-order valence-electron chi connectivity index (χ1n) is 8.10. The number of anilines is 1. The number of nitrogens with zero attached hydrogens (tertiary/aromatic N) is 1. The van der Waals surface area contributed by atoms with Crippen LogP contribution in [0.4, 0.5) is 5.69 Å². The number of rotatable bonds is 5. The van der Waals surface area contributed by atoms with E-state index >= 15 is 0 Å². The molecule has 3 rings (SSSR count). The van der Waals surface area contributed by atoms with E-state index in [1.54, 1.807) is 11.8 Å². The summed E-state index contributed by atoms with van der Waals surface area (Å²) in [6, 6.07) is 18.0. The maximum atomic E-state index is 3.66. The molecule has 0 spiro atoms. The summed E-state index contributed by atoms with van der Waals surface area (Å²) in [4.78, 5) is 3.90. The maximum absolute atomic E-state index is 3.66. The Kier molecular flexibility index (Phi) is 6.03. The lowest BCUT2D eigenvalue weighted by atomic mass is 10.0. The lowest BCUT2D eigenvalue weighted by Crippen LogP contribution is -2.38. The van der Waals surface area contributed by atoms with Crippen LogP contribution in [0, 0.1) is 0 Å². The molecule has 2 aromatic carbocycles. The fourth-order valence-corrected chi connectivity index (χ4v) is 3.68. The second-order valence-electron chi connectivity index (χ2n) is 6.05. The summed E-state index contributed by atoms with van der Waals surface area (Å²) in [5.74, 6) is 0. The van der Waals surface area contributed by atoms with Crippen molar-refractivity contribution in [2.24, 2.45) is 0 Å². The van der Waals surface area contributed by atoms with Crippen molar-refractivity contribution in [2.75, 3.05) is 24.7 Å². The first kappa shape index (κ1) is 16.9. The SMILES string of the molecule is CSc1ccc(CN2CCC(Nc3ccc(Br)cc3)CC2)cc1. The standard InChI is InChI=1S/C19H23BrN2S/c1-23-19-8-2-15(3-9-19)14-22-12-10-18(11-13-22)21-17-6-4-16(20)5-7-17/h2-9,18,21H,10-14H2,1H3. The van der Waals surface area contributed by atoms with Crippen LogP contribution in [0.15, 0.2) is 57.9 Å². The van der Waals surface area contributed by atoms with Crippen LogP contribution in [-0.4, -0.2) is 30.3 Å². The van der Waals surface area contributed by atoms with E-state index in [1.165, 1.54) is 42.1 Å². The number of thioether (sulfide) groups is 1. The molecule has 0 amide bonds. The van der Waals surface area contributed by atoms with E-state index < -0.39 is 0 Å². The Labute approximate surface area is 151 Å². The van der Waals surface area contributed by atoms with Crippen LogP contribution in [-0.2, 0) is 6.54 Å². The molecule has 1 aliphatic heterocycles. The van der Waals surface area contributed by atoms with Gasteiger partial charge in [-0.1, -0.05) is 28.1 Å². The quantitative estimate of drug-likeness (QED) is 0.701. The Hall–Kier alpha value is -0.970. The first-order chi connectivity index (χ1) is 11.2. The largest absolute Gasteiger partial charge is 0.382 e. The second-order valence-corrected chi connectivity index (χ2v) is 7.85. The molecular weight excluding hydrogens is 368 g/mol. The molecule has 0 bridgehead atoms. The van der Waals surface area contributed by atoms with Crippen LogP contribution in [0.3, 0.4) is 0 Å². The van der Waals surface area contributed by atoms with E-state index in [9.17, 15) is 0 Å². The number of nitrogens with one attached hydrogen (secondary N) is 1. The lowest BCUT2D eigenvalue weighted by Gasteiger charge is -2.33. The van der Waals surface area contributed by atoms with Crippen LogP contribution in [0.5, 0.6) is 0 Å². The predicted octanol–water partition coefficient (Wildman–Crippen LogP) is 5.25. The van der Waals surface area contributed by atoms with Crippen molar-refractivity contribution in [3.63, 3.8) is 0 Å². The Balaban J connectivity index is 1.47. The van der Waals surface area contributed by atoms with E-state index in [-0.39, 0.29) is 0 Å². The topological polar surface area (TPSA) is 15.3 Å². The predicted molar refractivity (Wildman–Crippen MR) is 104 cm³/mol. The fraction of sp³-hybridized carbons (Fsp3) is 0.368. The molecule has 0 saturated carbocycles. The van der Waals surface area contributed by atoms with Gasteiger partial charge in [0.25, 0.3) is 0 Å². The van der Waals surface area contributed by atoms with Gasteiger partial charge < -0.3 is 5.32 Å². The molecule has 122 valence electrons. The molecule has 0 radical (unpaired) electrons. The lowest BCUT2D eigenvalue weighted by molar-refractivity contribution is 0.211. The Morgan fingerprint density at radius 3 is 2.30 bits per heavy atom. The molecule has 2 aromatic rings. The number of benzene rings is 2. The molecule has 1 N–H and O–H groups in total. The normalized spacial score (nSPS) is 16.4. The van der Waals surface area contributed by atoms with E-state index in [0.717, 1.165) is 11.0 Å². The third-order valence-corrected chi connectivity index (χ3v) is 5.64. The van der Waals surface area contributed by atoms with Gasteiger partial charge in [-0.05, 0) is 61.1 Å². The van der Waals surface area contributed by atoms with Gasteiger partial charge in [-0.15, -0.1) is 11.8 Å². The summed E-state index contributed by atoms with van der Waals surface area (Å²) in [6.07, 6.45) is 4.54. The van der Waals surface area contributed by atoms with Gasteiger partial charge in [0.15, 0.2) is 0 Å². The highest BCUT2D eigenvalue weighted by atomic mass is 79.9. The highest BCUT2D eigenvalue weighted by Crippen LogP contribution is 2.21. The zero-order valence-corrected chi connectivity index (χ0v) is 15.9. The van der Waals surface area contributed by atoms with Gasteiger partial charge in [0.1, 0.15) is 0 Å². The summed E-state index contributed by atoms with van der Waals surface area (Å²) < 4.78 is 1.13. The number of hydrogen-bond acceptors (Lipinski definition) is 3. The van der Waals surface area contributed by atoms with E-state index in [4.69, 9.17) is 0 Å². The van der Waals surface area contributed by atoms with Crippen molar-refractivity contribution in [3.05, 3.63) is 58.6 Å². The summed E-state index contributed by atoms with van der Waals surface area (Å²) >= 11 is 5.28. The maximum Gasteiger partial charge on any atom is 0.0343 e. The molecule has 0 unspecified atom stereocenters. The monoisotopic (exact) mass is 390 g/mol. The number of hydrogen-bond donors (Lipinski definition) is 1. The van der Waals surface area contributed by atoms with Gasteiger partial charge in [0.05, 0.1) is 0 Å². The van der Waals surface area contributed by atoms with Crippen LogP contribution in [0.25, 0.3) is 0 Å². The van der Waals surface area contributed by atoms with E-state index in [1.807, 2.05) is 0 Å². The van der Waals surface area contributed by atoms with Crippen molar-refractivity contribution in [1.82, 2.24) is 4.90 Å². The van der Waals surface area contributed by atoms with Gasteiger partial charge in [-0.2, -0.15) is 0 Å². The zero-order chi connectivity index (χ0) is 16.1. The zero-order valence-electron chi connectivity index (χ0n) is 13.5. The minimum atomic E-state index is 0.589. The third-order valence-electron chi connectivity index (χ3n) is 4.37. The van der Waals surface area contributed by atoms with Crippen molar-refractivity contribution in [2.45, 2.75) is 30.3 Å². The van der Waals surface area contributed by atoms with Crippen LogP contribution in [0.2, 0.25) is 0 Å². The number of piperidine rings is 1. The van der Waals surface area contributed by atoms with Crippen LogP contribution in [0.1, 0.15) is 18.4 Å². The Morgan fingerprint density at radius 1 is 1.04 bits per heavy atom. The average Bonchev–Trinajstić information content (AvgIpc) is 2.59. The third kappa shape index (κ3) is 5.00. The molecule has 0 aliphatic carbocycles. The molecular formula is C19H23BrN2S. The molecule has 1 fully saturated rings. The van der Waals surface area contributed by atoms with Crippen molar-refractivity contribution in [3.8, 4) is 0 Å². The molecule has 1 heterocycles. The molecule has 4 heteroatoms. The van der Waals surface area contributed by atoms with Gasteiger partial charge in [0, 0.05) is 40.7 Å². The minimum absolute atomic E-state index is 0.589. The molecule has 1 saturated heterocycles. The Morgan fingerprint density at radius 2 is 1.70 bits per heavy atom. The van der Waals surface area contributed by atoms with Crippen molar-refractivity contribution >= 4 is 33.4 Å². The van der Waals surface area contributed by atoms with Gasteiger partial charge in [-0.25, -0.2) is 0 Å². The van der Waals surface area contributed by atoms with E-state index in [2.05, 4.69) is 80.9 Å². The van der Waals surface area contributed by atoms with Gasteiger partial charge in [0.2, 0.25) is 0 Å². The molecule has 2 nitrogen and oxygen atoms in total. The van der Waals surface area contributed by atoms with Gasteiger partial charge in [-0.3, -0.25) is 4.90 Å². The molecule has 1 aliphatic rings. The van der Waals surface area contributed by atoms with E-state index in [0.29, 0.717) is 6.04 Å². The summed E-state index contributed by atoms with van der Waals surface area (Å²) in [6.45, 7) is 3.40. The van der Waals surface area contributed by atoms with Crippen molar-refractivity contribution in [1.29, 1.82) is 0 Å². The number of halogens is 1. The van der Waals surface area contributed by atoms with Crippen LogP contribution >= 0.6 is 27.7 Å². The fourth-order valence-electron chi connectivity index (χ4n) is 3.01. The summed E-state index contributed by atoms with van der Waals surface area (Å²) in [7, 11) is 0. The summed E-state index contributed by atoms with van der Waals surface area (Å²) in [5, 5.41) is 3.66. The number of likely N-dealkylation sites (tertiary alicyclic amines) is 1. The summed E-state index contributed by atoms with van der Waals surface area (Å²) in [5.41, 5.74) is 2.64. The first-order valence-corrected chi connectivity index (χ1v) is 10.1. The Bertz CT molecular complexity index is 604. The minimum Gasteiger partial charge on any atom is -0.382 e. The van der Waals surface area contributed by atoms with Crippen LogP contribution < -0.4 is 5.32 Å². The molecule has 0 aromatic heterocycles. The molecule has 0 atom stereocenters. The highest BCUT2D eigenvalue weighted by Gasteiger charge is 2.19. The van der Waals surface area contributed by atoms with Gasteiger partial charge >= 0.3 is 0 Å². The average molecular weight is 391 g/mol. The van der Waals surface area contributed by atoms with Crippen molar-refractivity contribution < 1.29 is 0 Å². The second kappa shape index (κ2) is 8.22. The smallest absolute Gasteiger partial charge is 0.0343 e. The highest BCUT2D eigenvalue weighted by molar-refractivity contribution is 9.10. The molecule has 23 heavy (non-hydrogen) atoms.